The van der Waals surface area contributed by atoms with Gasteiger partial charge in [-0.3, -0.25) is 9.59 Å². The van der Waals surface area contributed by atoms with Crippen molar-refractivity contribution in [2.45, 2.75) is 37.0 Å². The average Bonchev–Trinajstić information content (AvgIpc) is 2.74. The van der Waals surface area contributed by atoms with E-state index in [0.717, 1.165) is 30.6 Å². The second-order valence-electron chi connectivity index (χ2n) is 7.23. The van der Waals surface area contributed by atoms with E-state index in [9.17, 15) is 19.5 Å². The van der Waals surface area contributed by atoms with E-state index >= 15 is 0 Å². The summed E-state index contributed by atoms with van der Waals surface area (Å²) in [5.41, 5.74) is 0.728. The predicted octanol–water partition coefficient (Wildman–Crippen LogP) is 4.34. The number of anilines is 2. The Morgan fingerprint density at radius 3 is 2.43 bits per heavy atom. The molecule has 1 fully saturated rings. The molecule has 3 rings (SSSR count). The number of amides is 2. The number of carbonyl (C=O) groups is 3. The summed E-state index contributed by atoms with van der Waals surface area (Å²) in [5, 5.41) is 24.2. The maximum absolute atomic E-state index is 12.4. The van der Waals surface area contributed by atoms with Crippen LogP contribution in [0.2, 0.25) is 0 Å². The zero-order chi connectivity index (χ0) is 21.5. The molecule has 4 N–H and O–H groups in total. The molecule has 2 amide bonds. The smallest absolute Gasteiger partial charge is 0.339 e. The molecule has 0 spiro atoms. The summed E-state index contributed by atoms with van der Waals surface area (Å²) in [6.07, 6.45) is 5.25. The number of carboxylic acids is 1. The van der Waals surface area contributed by atoms with Crippen LogP contribution in [-0.4, -0.2) is 33.7 Å². The first-order valence-electron chi connectivity index (χ1n) is 9.82. The van der Waals surface area contributed by atoms with E-state index in [1.807, 2.05) is 24.3 Å². The number of hydrogen-bond acceptors (Lipinski definition) is 5. The number of phenols is 1. The molecule has 0 aliphatic heterocycles. The van der Waals surface area contributed by atoms with Crippen LogP contribution in [0.1, 0.15) is 42.5 Å². The minimum Gasteiger partial charge on any atom is -0.507 e. The SMILES string of the molecule is O=C(CSc1cccc(NC(=O)C2CCCCC2)c1)Nc1ccc(O)c(C(=O)O)c1. The van der Waals surface area contributed by atoms with Crippen LogP contribution in [0.25, 0.3) is 0 Å². The molecule has 7 nitrogen and oxygen atoms in total. The number of rotatable bonds is 7. The fourth-order valence-electron chi connectivity index (χ4n) is 3.40. The third kappa shape index (κ3) is 6.00. The first kappa shape index (κ1) is 21.7. The van der Waals surface area contributed by atoms with Crippen molar-refractivity contribution in [1.29, 1.82) is 0 Å². The Morgan fingerprint density at radius 1 is 0.967 bits per heavy atom. The van der Waals surface area contributed by atoms with Crippen molar-refractivity contribution in [2.75, 3.05) is 16.4 Å². The van der Waals surface area contributed by atoms with Gasteiger partial charge in [-0.25, -0.2) is 4.79 Å². The third-order valence-corrected chi connectivity index (χ3v) is 5.95. The van der Waals surface area contributed by atoms with Crippen molar-refractivity contribution in [1.82, 2.24) is 0 Å². The number of carbonyl (C=O) groups excluding carboxylic acids is 2. The second kappa shape index (κ2) is 10.2. The first-order valence-corrected chi connectivity index (χ1v) is 10.8. The third-order valence-electron chi connectivity index (χ3n) is 4.96. The highest BCUT2D eigenvalue weighted by Crippen LogP contribution is 2.27. The standard InChI is InChI=1S/C22H24N2O5S/c25-19-10-9-16(12-18(19)22(28)29)23-20(26)13-30-17-8-4-7-15(11-17)24-21(27)14-5-2-1-3-6-14/h4,7-12,14,25H,1-3,5-6,13H2,(H,23,26)(H,24,27)(H,28,29). The molecule has 1 aliphatic rings. The van der Waals surface area contributed by atoms with E-state index in [2.05, 4.69) is 10.6 Å². The maximum Gasteiger partial charge on any atom is 0.339 e. The lowest BCUT2D eigenvalue weighted by Crippen LogP contribution is -2.24. The first-order chi connectivity index (χ1) is 14.4. The van der Waals surface area contributed by atoms with Crippen molar-refractivity contribution >= 4 is 40.9 Å². The number of hydrogen-bond donors (Lipinski definition) is 4. The van der Waals surface area contributed by atoms with Crippen molar-refractivity contribution in [3.63, 3.8) is 0 Å². The van der Waals surface area contributed by atoms with Gasteiger partial charge in [-0.1, -0.05) is 25.3 Å². The van der Waals surface area contributed by atoms with E-state index in [1.165, 1.54) is 36.4 Å². The summed E-state index contributed by atoms with van der Waals surface area (Å²) >= 11 is 1.31. The molecular formula is C22H24N2O5S. The number of benzene rings is 2. The van der Waals surface area contributed by atoms with Gasteiger partial charge in [0.15, 0.2) is 0 Å². The molecule has 2 aromatic rings. The molecule has 158 valence electrons. The van der Waals surface area contributed by atoms with E-state index in [4.69, 9.17) is 5.11 Å². The van der Waals surface area contributed by atoms with Crippen LogP contribution >= 0.6 is 11.8 Å². The van der Waals surface area contributed by atoms with E-state index in [0.29, 0.717) is 11.4 Å². The molecule has 0 unspecified atom stereocenters. The van der Waals surface area contributed by atoms with E-state index in [-0.39, 0.29) is 34.8 Å². The highest BCUT2D eigenvalue weighted by molar-refractivity contribution is 8.00. The Bertz CT molecular complexity index is 941. The van der Waals surface area contributed by atoms with Gasteiger partial charge >= 0.3 is 5.97 Å². The van der Waals surface area contributed by atoms with E-state index in [1.54, 1.807) is 0 Å². The summed E-state index contributed by atoms with van der Waals surface area (Å²) in [6.45, 7) is 0. The summed E-state index contributed by atoms with van der Waals surface area (Å²) in [4.78, 5) is 36.5. The Kier molecular flexibility index (Phi) is 7.35. The van der Waals surface area contributed by atoms with Crippen LogP contribution in [-0.2, 0) is 9.59 Å². The van der Waals surface area contributed by atoms with Gasteiger partial charge < -0.3 is 20.8 Å². The van der Waals surface area contributed by atoms with Gasteiger partial charge in [0, 0.05) is 22.2 Å². The molecule has 0 radical (unpaired) electrons. The van der Waals surface area contributed by atoms with Gasteiger partial charge in [0.05, 0.1) is 5.75 Å². The second-order valence-corrected chi connectivity index (χ2v) is 8.27. The lowest BCUT2D eigenvalue weighted by molar-refractivity contribution is -0.120. The molecule has 0 aromatic heterocycles. The molecule has 0 saturated heterocycles. The van der Waals surface area contributed by atoms with Gasteiger partial charge in [0.2, 0.25) is 11.8 Å². The van der Waals surface area contributed by atoms with E-state index < -0.39 is 5.97 Å². The lowest BCUT2D eigenvalue weighted by atomic mass is 9.88. The minimum atomic E-state index is -1.27. The lowest BCUT2D eigenvalue weighted by Gasteiger charge is -2.20. The van der Waals surface area contributed by atoms with Crippen molar-refractivity contribution in [3.8, 4) is 5.75 Å². The highest BCUT2D eigenvalue weighted by atomic mass is 32.2. The van der Waals surface area contributed by atoms with Gasteiger partial charge in [0.1, 0.15) is 11.3 Å². The van der Waals surface area contributed by atoms with Crippen LogP contribution in [0, 0.1) is 5.92 Å². The number of nitrogens with one attached hydrogen (secondary N) is 2. The van der Waals surface area contributed by atoms with Crippen LogP contribution in [0.15, 0.2) is 47.4 Å². The van der Waals surface area contributed by atoms with Crippen LogP contribution < -0.4 is 10.6 Å². The van der Waals surface area contributed by atoms with Gasteiger partial charge in [-0.2, -0.15) is 0 Å². The molecule has 0 heterocycles. The Balaban J connectivity index is 1.53. The Hall–Kier alpha value is -3.00. The van der Waals surface area contributed by atoms with Gasteiger partial charge in [-0.05, 0) is 49.2 Å². The number of aromatic hydroxyl groups is 1. The molecule has 1 aliphatic carbocycles. The Labute approximate surface area is 178 Å². The molecule has 0 bridgehead atoms. The zero-order valence-electron chi connectivity index (χ0n) is 16.4. The van der Waals surface area contributed by atoms with Crippen LogP contribution in [0.3, 0.4) is 0 Å². The number of aromatic carboxylic acids is 1. The summed E-state index contributed by atoms with van der Waals surface area (Å²) in [7, 11) is 0. The Morgan fingerprint density at radius 2 is 1.70 bits per heavy atom. The molecular weight excluding hydrogens is 404 g/mol. The molecule has 0 atom stereocenters. The number of thioether (sulfide) groups is 1. The fourth-order valence-corrected chi connectivity index (χ4v) is 4.16. The van der Waals surface area contributed by atoms with Crippen molar-refractivity contribution < 1.29 is 24.6 Å². The van der Waals surface area contributed by atoms with Crippen LogP contribution in [0.4, 0.5) is 11.4 Å². The quantitative estimate of drug-likeness (QED) is 0.385. The number of carboxylic acid groups (broad SMARTS) is 1. The monoisotopic (exact) mass is 428 g/mol. The molecule has 1 saturated carbocycles. The normalized spacial score (nSPS) is 14.1. The maximum atomic E-state index is 12.4. The van der Waals surface area contributed by atoms with Crippen LogP contribution in [0.5, 0.6) is 5.75 Å². The minimum absolute atomic E-state index is 0.0520. The fraction of sp³-hybridized carbons (Fsp3) is 0.318. The zero-order valence-corrected chi connectivity index (χ0v) is 17.2. The molecule has 30 heavy (non-hydrogen) atoms. The van der Waals surface area contributed by atoms with Crippen molar-refractivity contribution in [3.05, 3.63) is 48.0 Å². The summed E-state index contributed by atoms with van der Waals surface area (Å²) < 4.78 is 0. The summed E-state index contributed by atoms with van der Waals surface area (Å²) in [5.74, 6) is -1.70. The topological polar surface area (TPSA) is 116 Å². The van der Waals surface area contributed by atoms with Gasteiger partial charge in [-0.15, -0.1) is 11.8 Å². The molecule has 8 heteroatoms. The largest absolute Gasteiger partial charge is 0.507 e. The average molecular weight is 429 g/mol. The van der Waals surface area contributed by atoms with Crippen molar-refractivity contribution in [2.24, 2.45) is 5.92 Å². The molecule has 2 aromatic carbocycles. The highest BCUT2D eigenvalue weighted by Gasteiger charge is 2.21. The predicted molar refractivity (Wildman–Crippen MR) is 116 cm³/mol. The van der Waals surface area contributed by atoms with Gasteiger partial charge in [0.25, 0.3) is 0 Å². The summed E-state index contributed by atoms with van der Waals surface area (Å²) in [6, 6.07) is 11.2.